The van der Waals surface area contributed by atoms with Crippen LogP contribution in [-0.2, 0) is 11.3 Å². The first kappa shape index (κ1) is 16.0. The number of hydrogen-bond acceptors (Lipinski definition) is 3. The maximum absolute atomic E-state index is 12.3. The van der Waals surface area contributed by atoms with Crippen molar-refractivity contribution in [3.63, 3.8) is 0 Å². The first-order valence-corrected chi connectivity index (χ1v) is 7.75. The standard InChI is InChI=1S/C18H19N3O3/c1-11(2)24-10-12-3-5-13(6-4-12)17(22)19-14-7-8-15-16(9-14)21-18(23)20-15/h3-9,11H,10H2,1-2H3,(H,19,22)(H2,20,21,23). The number of hydrogen-bond donors (Lipinski definition) is 3. The van der Waals surface area contributed by atoms with Gasteiger partial charge in [0.05, 0.1) is 23.7 Å². The minimum Gasteiger partial charge on any atom is -0.374 e. The lowest BCUT2D eigenvalue weighted by molar-refractivity contribution is 0.0657. The summed E-state index contributed by atoms with van der Waals surface area (Å²) in [7, 11) is 0. The Balaban J connectivity index is 1.70. The lowest BCUT2D eigenvalue weighted by Gasteiger charge is -2.09. The van der Waals surface area contributed by atoms with Gasteiger partial charge >= 0.3 is 5.69 Å². The number of amides is 1. The first-order chi connectivity index (χ1) is 11.5. The number of anilines is 1. The molecule has 3 rings (SSSR count). The topological polar surface area (TPSA) is 87.0 Å². The Morgan fingerprint density at radius 2 is 1.79 bits per heavy atom. The number of H-pyrrole nitrogens is 2. The summed E-state index contributed by atoms with van der Waals surface area (Å²) in [6.07, 6.45) is 0.169. The van der Waals surface area contributed by atoms with E-state index in [0.29, 0.717) is 28.9 Å². The Hall–Kier alpha value is -2.86. The summed E-state index contributed by atoms with van der Waals surface area (Å²) in [5.41, 5.74) is 3.28. The van der Waals surface area contributed by atoms with Crippen LogP contribution in [0.2, 0.25) is 0 Å². The van der Waals surface area contributed by atoms with Gasteiger partial charge in [-0.05, 0) is 49.7 Å². The molecule has 6 heteroatoms. The van der Waals surface area contributed by atoms with Gasteiger partial charge in [-0.2, -0.15) is 0 Å². The van der Waals surface area contributed by atoms with Crippen molar-refractivity contribution in [1.82, 2.24) is 9.97 Å². The average molecular weight is 325 g/mol. The number of benzene rings is 2. The molecule has 124 valence electrons. The molecule has 0 saturated heterocycles. The van der Waals surface area contributed by atoms with E-state index in [1.165, 1.54) is 0 Å². The van der Waals surface area contributed by atoms with E-state index >= 15 is 0 Å². The molecule has 0 saturated carbocycles. The number of carbonyl (C=O) groups is 1. The summed E-state index contributed by atoms with van der Waals surface area (Å²) < 4.78 is 5.53. The molecule has 3 aromatic rings. The fourth-order valence-corrected chi connectivity index (χ4v) is 2.33. The zero-order valence-corrected chi connectivity index (χ0v) is 13.6. The van der Waals surface area contributed by atoms with Crippen LogP contribution >= 0.6 is 0 Å². The van der Waals surface area contributed by atoms with Gasteiger partial charge in [0.25, 0.3) is 5.91 Å². The van der Waals surface area contributed by atoms with Gasteiger partial charge in [0, 0.05) is 11.3 Å². The number of aromatic amines is 2. The largest absolute Gasteiger partial charge is 0.374 e. The smallest absolute Gasteiger partial charge is 0.323 e. The van der Waals surface area contributed by atoms with Crippen molar-refractivity contribution in [2.45, 2.75) is 26.6 Å². The summed E-state index contributed by atoms with van der Waals surface area (Å²) in [4.78, 5) is 28.9. The Morgan fingerprint density at radius 3 is 2.50 bits per heavy atom. The molecular formula is C18H19N3O3. The number of ether oxygens (including phenoxy) is 1. The van der Waals surface area contributed by atoms with Gasteiger partial charge in [-0.3, -0.25) is 4.79 Å². The molecule has 0 aliphatic heterocycles. The molecule has 0 spiro atoms. The van der Waals surface area contributed by atoms with Crippen molar-refractivity contribution in [3.05, 3.63) is 64.1 Å². The van der Waals surface area contributed by atoms with Crippen molar-refractivity contribution in [1.29, 1.82) is 0 Å². The maximum Gasteiger partial charge on any atom is 0.323 e. The van der Waals surface area contributed by atoms with E-state index in [-0.39, 0.29) is 17.7 Å². The van der Waals surface area contributed by atoms with Crippen molar-refractivity contribution >= 4 is 22.6 Å². The van der Waals surface area contributed by atoms with Crippen LogP contribution in [0.15, 0.2) is 47.3 Å². The molecule has 0 atom stereocenters. The van der Waals surface area contributed by atoms with Crippen LogP contribution in [-0.4, -0.2) is 22.0 Å². The Kier molecular flexibility index (Phi) is 4.48. The van der Waals surface area contributed by atoms with E-state index in [0.717, 1.165) is 5.56 Å². The van der Waals surface area contributed by atoms with Crippen LogP contribution in [0.1, 0.15) is 29.8 Å². The van der Waals surface area contributed by atoms with Crippen LogP contribution in [0.3, 0.4) is 0 Å². The second kappa shape index (κ2) is 6.72. The highest BCUT2D eigenvalue weighted by Gasteiger charge is 2.08. The van der Waals surface area contributed by atoms with E-state index in [9.17, 15) is 9.59 Å². The lowest BCUT2D eigenvalue weighted by atomic mass is 10.1. The van der Waals surface area contributed by atoms with Crippen LogP contribution in [0.25, 0.3) is 11.0 Å². The van der Waals surface area contributed by atoms with E-state index in [1.807, 2.05) is 26.0 Å². The molecule has 6 nitrogen and oxygen atoms in total. The highest BCUT2D eigenvalue weighted by atomic mass is 16.5. The molecule has 3 N–H and O–H groups in total. The summed E-state index contributed by atoms with van der Waals surface area (Å²) in [6.45, 7) is 4.49. The fraction of sp³-hybridized carbons (Fsp3) is 0.222. The number of carbonyl (C=O) groups excluding carboxylic acids is 1. The minimum atomic E-state index is -0.271. The minimum absolute atomic E-state index is 0.169. The van der Waals surface area contributed by atoms with Crippen molar-refractivity contribution < 1.29 is 9.53 Å². The molecule has 0 aliphatic carbocycles. The predicted octanol–water partition coefficient (Wildman–Crippen LogP) is 3.03. The predicted molar refractivity (Wildman–Crippen MR) is 93.2 cm³/mol. The van der Waals surface area contributed by atoms with Crippen LogP contribution in [0.4, 0.5) is 5.69 Å². The van der Waals surface area contributed by atoms with Crippen molar-refractivity contribution in [2.24, 2.45) is 0 Å². The first-order valence-electron chi connectivity index (χ1n) is 7.75. The molecule has 1 aromatic heterocycles. The van der Waals surface area contributed by atoms with Gasteiger partial charge in [-0.15, -0.1) is 0 Å². The van der Waals surface area contributed by atoms with E-state index in [2.05, 4.69) is 15.3 Å². The SMILES string of the molecule is CC(C)OCc1ccc(C(=O)Nc2ccc3[nH]c(=O)[nH]c3c2)cc1. The number of nitrogens with one attached hydrogen (secondary N) is 3. The van der Waals surface area contributed by atoms with E-state index < -0.39 is 0 Å². The van der Waals surface area contributed by atoms with Gasteiger partial charge in [-0.25, -0.2) is 4.79 Å². The number of fused-ring (bicyclic) bond motifs is 1. The average Bonchev–Trinajstić information content (AvgIpc) is 2.92. The molecule has 0 bridgehead atoms. The van der Waals surface area contributed by atoms with Crippen molar-refractivity contribution in [3.8, 4) is 0 Å². The third-order valence-electron chi connectivity index (χ3n) is 3.57. The summed E-state index contributed by atoms with van der Waals surface area (Å²) in [6, 6.07) is 12.5. The molecule has 0 fully saturated rings. The van der Waals surface area contributed by atoms with E-state index in [4.69, 9.17) is 4.74 Å². The maximum atomic E-state index is 12.3. The number of aromatic nitrogens is 2. The Morgan fingerprint density at radius 1 is 1.08 bits per heavy atom. The molecule has 1 amide bonds. The monoisotopic (exact) mass is 325 g/mol. The van der Waals surface area contributed by atoms with Crippen molar-refractivity contribution in [2.75, 3.05) is 5.32 Å². The van der Waals surface area contributed by atoms with E-state index in [1.54, 1.807) is 30.3 Å². The van der Waals surface area contributed by atoms with Crippen LogP contribution in [0.5, 0.6) is 0 Å². The molecule has 1 heterocycles. The molecular weight excluding hydrogens is 306 g/mol. The Labute approximate surface area is 138 Å². The third kappa shape index (κ3) is 3.72. The van der Waals surface area contributed by atoms with Gasteiger partial charge in [0.15, 0.2) is 0 Å². The summed E-state index contributed by atoms with van der Waals surface area (Å²) in [5, 5.41) is 2.82. The summed E-state index contributed by atoms with van der Waals surface area (Å²) >= 11 is 0. The molecule has 2 aromatic carbocycles. The quantitative estimate of drug-likeness (QED) is 0.674. The molecule has 0 unspecified atom stereocenters. The highest BCUT2D eigenvalue weighted by molar-refractivity contribution is 6.04. The van der Waals surface area contributed by atoms with Gasteiger partial charge in [-0.1, -0.05) is 12.1 Å². The zero-order chi connectivity index (χ0) is 17.1. The number of imidazole rings is 1. The highest BCUT2D eigenvalue weighted by Crippen LogP contribution is 2.16. The molecule has 0 aliphatic rings. The van der Waals surface area contributed by atoms with Gasteiger partial charge < -0.3 is 20.0 Å². The fourth-order valence-electron chi connectivity index (χ4n) is 2.33. The molecule has 24 heavy (non-hydrogen) atoms. The number of rotatable bonds is 5. The Bertz CT molecular complexity index is 907. The molecule has 0 radical (unpaired) electrons. The third-order valence-corrected chi connectivity index (χ3v) is 3.57. The second-order valence-electron chi connectivity index (χ2n) is 5.85. The van der Waals surface area contributed by atoms with Gasteiger partial charge in [0.1, 0.15) is 0 Å². The second-order valence-corrected chi connectivity index (χ2v) is 5.85. The normalized spacial score (nSPS) is 11.1. The van der Waals surface area contributed by atoms with Gasteiger partial charge in [0.2, 0.25) is 0 Å². The van der Waals surface area contributed by atoms with Crippen LogP contribution < -0.4 is 11.0 Å². The van der Waals surface area contributed by atoms with Crippen LogP contribution in [0, 0.1) is 0 Å². The zero-order valence-electron chi connectivity index (χ0n) is 13.6. The summed E-state index contributed by atoms with van der Waals surface area (Å²) in [5.74, 6) is -0.205. The lowest BCUT2D eigenvalue weighted by Crippen LogP contribution is -2.12.